The Balaban J connectivity index is 2.67. The molecule has 2 atom stereocenters. The smallest absolute Gasteiger partial charge is 0.434 e. The fourth-order valence-corrected chi connectivity index (χ4v) is 2.01. The molecule has 0 heterocycles. The molecule has 1 fully saturated rings. The van der Waals surface area contributed by atoms with E-state index in [1.54, 1.807) is 0 Å². The van der Waals surface area contributed by atoms with E-state index in [2.05, 4.69) is 4.74 Å². The van der Waals surface area contributed by atoms with Gasteiger partial charge in [0.1, 0.15) is 0 Å². The van der Waals surface area contributed by atoms with Crippen molar-refractivity contribution in [2.75, 3.05) is 0 Å². The molecule has 1 aliphatic carbocycles. The molecule has 0 saturated heterocycles. The summed E-state index contributed by atoms with van der Waals surface area (Å²) in [5.41, 5.74) is -0.121. The van der Waals surface area contributed by atoms with Gasteiger partial charge in [-0.2, -0.15) is 26.3 Å². The van der Waals surface area contributed by atoms with Gasteiger partial charge in [-0.15, -0.1) is 0 Å². The van der Waals surface area contributed by atoms with Gasteiger partial charge >= 0.3 is 18.3 Å². The van der Waals surface area contributed by atoms with Gasteiger partial charge in [0.2, 0.25) is 0 Å². The number of allylic oxidation sites excluding steroid dienone is 1. The highest BCUT2D eigenvalue weighted by Crippen LogP contribution is 2.58. The van der Waals surface area contributed by atoms with Crippen LogP contribution in [0.2, 0.25) is 0 Å². The number of alkyl halides is 6. The van der Waals surface area contributed by atoms with Crippen LogP contribution in [-0.4, -0.2) is 24.4 Å². The van der Waals surface area contributed by atoms with Gasteiger partial charge in [-0.05, 0) is 17.3 Å². The highest BCUT2D eigenvalue weighted by Gasteiger charge is 2.59. The highest BCUT2D eigenvalue weighted by atomic mass is 19.4. The summed E-state index contributed by atoms with van der Waals surface area (Å²) in [4.78, 5) is 11.1. The molecule has 2 unspecified atom stereocenters. The maximum absolute atomic E-state index is 12.2. The monoisotopic (exact) mass is 304 g/mol. The summed E-state index contributed by atoms with van der Waals surface area (Å²) in [6, 6.07) is 0. The van der Waals surface area contributed by atoms with Gasteiger partial charge in [0, 0.05) is 6.08 Å². The molecular weight excluding hydrogens is 290 g/mol. The zero-order chi connectivity index (χ0) is 15.9. The summed E-state index contributed by atoms with van der Waals surface area (Å²) in [6.45, 7) is 5.63. The lowest BCUT2D eigenvalue weighted by molar-refractivity contribution is -0.312. The summed E-state index contributed by atoms with van der Waals surface area (Å²) in [7, 11) is 0. The Hall–Kier alpha value is -1.21. The number of esters is 1. The van der Waals surface area contributed by atoms with Crippen molar-refractivity contribution in [1.29, 1.82) is 0 Å². The van der Waals surface area contributed by atoms with Crippen LogP contribution in [0.1, 0.15) is 20.8 Å². The first-order chi connectivity index (χ1) is 8.78. The second kappa shape index (κ2) is 4.96. The Kier molecular flexibility index (Phi) is 4.18. The Morgan fingerprint density at radius 2 is 1.55 bits per heavy atom. The minimum absolute atomic E-state index is 0.0646. The van der Waals surface area contributed by atoms with Crippen molar-refractivity contribution in [3.63, 3.8) is 0 Å². The summed E-state index contributed by atoms with van der Waals surface area (Å²) in [5.74, 6) is -1.52. The standard InChI is InChI=1S/C12H14F6O2/c1-6-7(10(6,2)3)4-5-8(19)20-9(11(13,14)15)12(16,17)18/h4-7,9H,1-3H3/b5-4+. The number of halogens is 6. The second-order valence-corrected chi connectivity index (χ2v) is 5.40. The average Bonchev–Trinajstić information content (AvgIpc) is 2.68. The van der Waals surface area contributed by atoms with Crippen LogP contribution in [0.4, 0.5) is 26.3 Å². The van der Waals surface area contributed by atoms with E-state index in [1.165, 1.54) is 6.08 Å². The topological polar surface area (TPSA) is 26.3 Å². The molecule has 0 N–H and O–H groups in total. The van der Waals surface area contributed by atoms with Crippen molar-refractivity contribution in [2.45, 2.75) is 39.2 Å². The molecule has 0 amide bonds. The van der Waals surface area contributed by atoms with Crippen molar-refractivity contribution < 1.29 is 35.9 Å². The van der Waals surface area contributed by atoms with Crippen LogP contribution in [-0.2, 0) is 9.53 Å². The van der Waals surface area contributed by atoms with Crippen LogP contribution in [0.5, 0.6) is 0 Å². The number of carbonyl (C=O) groups is 1. The summed E-state index contributed by atoms with van der Waals surface area (Å²) >= 11 is 0. The number of rotatable bonds is 3. The molecule has 20 heavy (non-hydrogen) atoms. The Labute approximate surface area is 111 Å². The molecule has 2 nitrogen and oxygen atoms in total. The molecule has 116 valence electrons. The molecule has 0 aromatic rings. The SMILES string of the molecule is CC1C(/C=C/C(=O)OC(C(F)(F)F)C(F)(F)F)C1(C)C. The maximum Gasteiger partial charge on any atom is 0.434 e. The number of hydrogen-bond acceptors (Lipinski definition) is 2. The Bertz CT molecular complexity index is 393. The number of carbonyl (C=O) groups excluding carboxylic acids is 1. The van der Waals surface area contributed by atoms with Gasteiger partial charge in [-0.3, -0.25) is 0 Å². The summed E-state index contributed by atoms with van der Waals surface area (Å²) in [5, 5.41) is 0. The Morgan fingerprint density at radius 1 is 1.15 bits per heavy atom. The van der Waals surface area contributed by atoms with Crippen molar-refractivity contribution in [3.05, 3.63) is 12.2 Å². The number of hydrogen-bond donors (Lipinski definition) is 0. The highest BCUT2D eigenvalue weighted by molar-refractivity contribution is 5.82. The van der Waals surface area contributed by atoms with Gasteiger partial charge in [-0.25, -0.2) is 4.79 Å². The van der Waals surface area contributed by atoms with E-state index >= 15 is 0 Å². The van der Waals surface area contributed by atoms with Crippen LogP contribution < -0.4 is 0 Å². The van der Waals surface area contributed by atoms with Crippen molar-refractivity contribution in [2.24, 2.45) is 17.3 Å². The van der Waals surface area contributed by atoms with E-state index in [0.29, 0.717) is 6.08 Å². The molecule has 8 heteroatoms. The fraction of sp³-hybridized carbons (Fsp3) is 0.750. The number of ether oxygens (including phenoxy) is 1. The maximum atomic E-state index is 12.2. The lowest BCUT2D eigenvalue weighted by Crippen LogP contribution is -2.45. The van der Waals surface area contributed by atoms with E-state index in [1.807, 2.05) is 20.8 Å². The molecule has 0 aromatic carbocycles. The normalized spacial score (nSPS) is 26.1. The first-order valence-corrected chi connectivity index (χ1v) is 5.80. The van der Waals surface area contributed by atoms with Crippen LogP contribution in [0.15, 0.2) is 12.2 Å². The van der Waals surface area contributed by atoms with Gasteiger partial charge in [0.15, 0.2) is 0 Å². The second-order valence-electron chi connectivity index (χ2n) is 5.40. The van der Waals surface area contributed by atoms with Crippen LogP contribution in [0.25, 0.3) is 0 Å². The van der Waals surface area contributed by atoms with Crippen LogP contribution in [0.3, 0.4) is 0 Å². The first kappa shape index (κ1) is 16.8. The minimum atomic E-state index is -5.69. The van der Waals surface area contributed by atoms with Gasteiger partial charge in [-0.1, -0.05) is 26.8 Å². The summed E-state index contributed by atoms with van der Waals surface area (Å²) < 4.78 is 76.4. The fourth-order valence-electron chi connectivity index (χ4n) is 2.01. The van der Waals surface area contributed by atoms with Gasteiger partial charge < -0.3 is 4.74 Å². The molecule has 0 aromatic heterocycles. The third kappa shape index (κ3) is 3.67. The molecular formula is C12H14F6O2. The molecule has 1 saturated carbocycles. The molecule has 0 aliphatic heterocycles. The largest absolute Gasteiger partial charge is 0.440 e. The minimum Gasteiger partial charge on any atom is -0.440 e. The lowest BCUT2D eigenvalue weighted by atomic mass is 10.1. The van der Waals surface area contributed by atoms with Crippen molar-refractivity contribution in [3.8, 4) is 0 Å². The molecule has 0 bridgehead atoms. The Morgan fingerprint density at radius 3 is 1.85 bits per heavy atom. The van der Waals surface area contributed by atoms with Crippen LogP contribution >= 0.6 is 0 Å². The van der Waals surface area contributed by atoms with Crippen LogP contribution in [0, 0.1) is 17.3 Å². The van der Waals surface area contributed by atoms with E-state index in [-0.39, 0.29) is 17.3 Å². The third-order valence-corrected chi connectivity index (χ3v) is 3.73. The average molecular weight is 304 g/mol. The molecule has 1 aliphatic rings. The van der Waals surface area contributed by atoms with E-state index in [9.17, 15) is 31.1 Å². The first-order valence-electron chi connectivity index (χ1n) is 5.80. The van der Waals surface area contributed by atoms with E-state index < -0.39 is 24.4 Å². The van der Waals surface area contributed by atoms with E-state index in [4.69, 9.17) is 0 Å². The zero-order valence-electron chi connectivity index (χ0n) is 11.0. The third-order valence-electron chi connectivity index (χ3n) is 3.73. The molecule has 0 spiro atoms. The van der Waals surface area contributed by atoms with Gasteiger partial charge in [0.25, 0.3) is 6.10 Å². The van der Waals surface area contributed by atoms with Crippen molar-refractivity contribution in [1.82, 2.24) is 0 Å². The van der Waals surface area contributed by atoms with Crippen molar-refractivity contribution >= 4 is 5.97 Å². The lowest BCUT2D eigenvalue weighted by Gasteiger charge is -2.22. The molecule has 1 rings (SSSR count). The van der Waals surface area contributed by atoms with E-state index in [0.717, 1.165) is 0 Å². The predicted molar refractivity (Wildman–Crippen MR) is 57.6 cm³/mol. The zero-order valence-corrected chi connectivity index (χ0v) is 11.0. The van der Waals surface area contributed by atoms with Gasteiger partial charge in [0.05, 0.1) is 0 Å². The summed E-state index contributed by atoms with van der Waals surface area (Å²) in [6.07, 6.45) is -13.6. The quantitative estimate of drug-likeness (QED) is 0.449. The molecule has 0 radical (unpaired) electrons. The predicted octanol–water partition coefficient (Wildman–Crippen LogP) is 3.87.